The summed E-state index contributed by atoms with van der Waals surface area (Å²) in [7, 11) is -9.53. The Morgan fingerprint density at radius 1 is 1.08 bits per heavy atom. The van der Waals surface area contributed by atoms with Gasteiger partial charge < -0.3 is 39.1 Å². The van der Waals surface area contributed by atoms with Gasteiger partial charge >= 0.3 is 15.2 Å². The third kappa shape index (κ3) is 6.20. The first-order valence-corrected chi connectivity index (χ1v) is 16.1. The number of anilines is 1. The number of imidazole rings is 1. The number of ether oxygens (including phenoxy) is 1. The first kappa shape index (κ1) is 28.6. The minimum absolute atomic E-state index is 0.0401. The zero-order chi connectivity index (χ0) is 27.9. The van der Waals surface area contributed by atoms with Crippen molar-refractivity contribution in [3.05, 3.63) is 47.5 Å². The van der Waals surface area contributed by atoms with Gasteiger partial charge in [-0.05, 0) is 36.4 Å². The van der Waals surface area contributed by atoms with Crippen molar-refractivity contribution in [3.8, 4) is 0 Å². The molecule has 2 aliphatic heterocycles. The summed E-state index contributed by atoms with van der Waals surface area (Å²) in [4.78, 5) is 43.1. The molecule has 3 aromatic rings. The number of hydrogen-bond acceptors (Lipinski definition) is 10. The molecule has 4 heterocycles. The van der Waals surface area contributed by atoms with E-state index in [1.165, 1.54) is 10.9 Å². The van der Waals surface area contributed by atoms with E-state index < -0.39 is 52.2 Å². The average Bonchev–Trinajstić information content (AvgIpc) is 3.42. The van der Waals surface area contributed by atoms with E-state index in [1.807, 2.05) is 18.2 Å². The minimum atomic E-state index is -4.83. The third-order valence-electron chi connectivity index (χ3n) is 6.75. The van der Waals surface area contributed by atoms with Crippen LogP contribution in [0.1, 0.15) is 37.1 Å². The molecule has 2 aromatic heterocycles. The molecule has 6 atom stereocenters. The summed E-state index contributed by atoms with van der Waals surface area (Å²) >= 11 is 6.33. The Morgan fingerprint density at radius 2 is 1.82 bits per heavy atom. The molecule has 14 nitrogen and oxygen atoms in total. The highest BCUT2D eigenvalue weighted by Gasteiger charge is 2.46. The van der Waals surface area contributed by atoms with Gasteiger partial charge in [0.05, 0.1) is 19.0 Å². The maximum Gasteiger partial charge on any atom is 0.340 e. The van der Waals surface area contributed by atoms with Crippen molar-refractivity contribution in [2.24, 2.45) is 0 Å². The molecular weight excluding hydrogens is 576 g/mol. The Kier molecular flexibility index (Phi) is 8.16. The van der Waals surface area contributed by atoms with Crippen LogP contribution in [-0.4, -0.2) is 81.8 Å². The number of aromatic nitrogens is 4. The summed E-state index contributed by atoms with van der Waals surface area (Å²) in [5, 5.41) is 21.2. The third-order valence-corrected chi connectivity index (χ3v) is 10.4. The van der Waals surface area contributed by atoms with Crippen LogP contribution in [0.15, 0.2) is 36.7 Å². The molecule has 0 bridgehead atoms. The molecule has 5 rings (SSSR count). The summed E-state index contributed by atoms with van der Waals surface area (Å²) in [5.74, 6) is -0.872. The first-order valence-electron chi connectivity index (χ1n) is 12.2. The zero-order valence-corrected chi connectivity index (χ0v) is 23.0. The van der Waals surface area contributed by atoms with Crippen molar-refractivity contribution < 1.29 is 43.3 Å². The SMILES string of the molecule is O=P(O)(O)CP(=O)(O)OCC1OC(n2cnc3c(N4CCCCC4c4ccccc4)nc(Cl)nc32)C(O)C1O. The number of fused-ring (bicyclic) bond motifs is 1. The lowest BCUT2D eigenvalue weighted by atomic mass is 9.95. The molecule has 1 aromatic carbocycles. The van der Waals surface area contributed by atoms with E-state index in [1.54, 1.807) is 0 Å². The van der Waals surface area contributed by atoms with Crippen LogP contribution in [0.4, 0.5) is 5.82 Å². The second kappa shape index (κ2) is 11.1. The van der Waals surface area contributed by atoms with Gasteiger partial charge in [-0.25, -0.2) is 4.98 Å². The van der Waals surface area contributed by atoms with Crippen LogP contribution in [0.3, 0.4) is 0 Å². The summed E-state index contributed by atoms with van der Waals surface area (Å²) in [5.41, 5.74) is 1.78. The van der Waals surface area contributed by atoms with Gasteiger partial charge in [0.25, 0.3) is 0 Å². The van der Waals surface area contributed by atoms with Crippen molar-refractivity contribution in [1.82, 2.24) is 19.5 Å². The Bertz CT molecular complexity index is 1420. The van der Waals surface area contributed by atoms with Gasteiger partial charge in [-0.2, -0.15) is 9.97 Å². The van der Waals surface area contributed by atoms with E-state index in [9.17, 15) is 24.2 Å². The van der Waals surface area contributed by atoms with Crippen LogP contribution in [0, 0.1) is 0 Å². The normalized spacial score (nSPS) is 27.6. The maximum absolute atomic E-state index is 12.0. The Morgan fingerprint density at radius 3 is 2.54 bits per heavy atom. The predicted molar refractivity (Wildman–Crippen MR) is 139 cm³/mol. The topological polar surface area (TPSA) is 201 Å². The highest BCUT2D eigenvalue weighted by atomic mass is 35.5. The lowest BCUT2D eigenvalue weighted by Gasteiger charge is -2.37. The molecule has 39 heavy (non-hydrogen) atoms. The minimum Gasteiger partial charge on any atom is -0.387 e. The lowest BCUT2D eigenvalue weighted by Crippen LogP contribution is -2.34. The number of halogens is 1. The molecule has 5 N–H and O–H groups in total. The van der Waals surface area contributed by atoms with Gasteiger partial charge in [-0.1, -0.05) is 30.3 Å². The summed E-state index contributed by atoms with van der Waals surface area (Å²) < 4.78 is 35.0. The smallest absolute Gasteiger partial charge is 0.340 e. The van der Waals surface area contributed by atoms with E-state index in [-0.39, 0.29) is 17.0 Å². The van der Waals surface area contributed by atoms with Gasteiger partial charge in [0, 0.05) is 6.54 Å². The van der Waals surface area contributed by atoms with E-state index in [0.29, 0.717) is 17.9 Å². The molecule has 2 saturated heterocycles. The van der Waals surface area contributed by atoms with Gasteiger partial charge in [0.15, 0.2) is 29.1 Å². The molecule has 0 aliphatic carbocycles. The first-order chi connectivity index (χ1) is 18.4. The van der Waals surface area contributed by atoms with Crippen molar-refractivity contribution in [2.45, 2.75) is 49.8 Å². The number of piperidine rings is 1. The maximum atomic E-state index is 12.0. The summed E-state index contributed by atoms with van der Waals surface area (Å²) in [6, 6.07) is 10.1. The Hall–Kier alpha value is -1.96. The van der Waals surface area contributed by atoms with Crippen molar-refractivity contribution >= 4 is 43.8 Å². The Balaban J connectivity index is 1.42. The molecule has 0 amide bonds. The zero-order valence-electron chi connectivity index (χ0n) is 20.5. The van der Waals surface area contributed by atoms with Crippen molar-refractivity contribution in [3.63, 3.8) is 0 Å². The van der Waals surface area contributed by atoms with E-state index >= 15 is 0 Å². The molecule has 2 aliphatic rings. The van der Waals surface area contributed by atoms with Crippen molar-refractivity contribution in [1.29, 1.82) is 0 Å². The van der Waals surface area contributed by atoms with Gasteiger partial charge in [0.2, 0.25) is 5.28 Å². The predicted octanol–water partition coefficient (Wildman–Crippen LogP) is 2.17. The van der Waals surface area contributed by atoms with Crippen molar-refractivity contribution in [2.75, 3.05) is 24.0 Å². The molecule has 17 heteroatoms. The average molecular weight is 604 g/mol. The number of hydrogen-bond donors (Lipinski definition) is 5. The van der Waals surface area contributed by atoms with Crippen LogP contribution in [-0.2, 0) is 18.4 Å². The Labute approximate surface area is 227 Å². The van der Waals surface area contributed by atoms with Crippen LogP contribution in [0.2, 0.25) is 5.28 Å². The van der Waals surface area contributed by atoms with Crippen LogP contribution < -0.4 is 4.90 Å². The number of aliphatic hydroxyl groups excluding tert-OH is 2. The van der Waals surface area contributed by atoms with Crippen LogP contribution in [0.5, 0.6) is 0 Å². The monoisotopic (exact) mass is 603 g/mol. The molecule has 6 unspecified atom stereocenters. The highest BCUT2D eigenvalue weighted by molar-refractivity contribution is 7.70. The van der Waals surface area contributed by atoms with Crippen LogP contribution in [0.25, 0.3) is 11.2 Å². The molecule has 0 radical (unpaired) electrons. The second-order valence-electron chi connectivity index (χ2n) is 9.54. The lowest BCUT2D eigenvalue weighted by molar-refractivity contribution is -0.0483. The van der Waals surface area contributed by atoms with Crippen LogP contribution >= 0.6 is 26.8 Å². The summed E-state index contributed by atoms with van der Waals surface area (Å²) in [6.07, 6.45) is -1.31. The van der Waals surface area contributed by atoms with Gasteiger partial charge in [-0.3, -0.25) is 13.7 Å². The molecule has 0 spiro atoms. The van der Waals surface area contributed by atoms with Gasteiger partial charge in [-0.15, -0.1) is 0 Å². The van der Waals surface area contributed by atoms with E-state index in [4.69, 9.17) is 30.6 Å². The fourth-order valence-electron chi connectivity index (χ4n) is 5.03. The fourth-order valence-corrected chi connectivity index (χ4v) is 7.76. The number of benzene rings is 1. The molecular formula is C22H28ClN5O9P2. The standard InChI is InChI=1S/C22H28ClN5O9P2/c23-22-25-19(27-9-5-4-8-14(27)13-6-2-1-3-7-13)16-20(26-22)28(11-24-16)21-18(30)17(29)15(37-21)10-36-39(34,35)12-38(31,32)33/h1-3,6-7,11,14-15,17-18,21,29-30H,4-5,8-10,12H2,(H,34,35)(H2,31,32,33). The van der Waals surface area contributed by atoms with E-state index in [2.05, 4.69) is 32.0 Å². The highest BCUT2D eigenvalue weighted by Crippen LogP contribution is 2.55. The number of nitrogens with zero attached hydrogens (tertiary/aromatic N) is 5. The molecule has 2 fully saturated rings. The number of rotatable bonds is 8. The second-order valence-corrected chi connectivity index (χ2v) is 13.9. The molecule has 212 valence electrons. The largest absolute Gasteiger partial charge is 0.387 e. The summed E-state index contributed by atoms with van der Waals surface area (Å²) in [6.45, 7) is 0.00797. The van der Waals surface area contributed by atoms with E-state index in [0.717, 1.165) is 24.8 Å². The van der Waals surface area contributed by atoms with Gasteiger partial charge in [0.1, 0.15) is 18.3 Å². The molecule has 0 saturated carbocycles. The fraction of sp³-hybridized carbons (Fsp3) is 0.500. The quantitative estimate of drug-likeness (QED) is 0.185. The number of aliphatic hydroxyl groups is 2.